The van der Waals surface area contributed by atoms with Gasteiger partial charge >= 0.3 is 6.01 Å². The Bertz CT molecular complexity index is 1880. The number of alkyl halides is 1. The summed E-state index contributed by atoms with van der Waals surface area (Å²) in [7, 11) is 0. The molecule has 2 atom stereocenters. The van der Waals surface area contributed by atoms with E-state index in [9.17, 15) is 18.8 Å². The van der Waals surface area contributed by atoms with E-state index in [2.05, 4.69) is 14.9 Å². The van der Waals surface area contributed by atoms with Gasteiger partial charge in [0.15, 0.2) is 11.6 Å². The fourth-order valence-electron chi connectivity index (χ4n) is 6.75. The minimum absolute atomic E-state index is 0.0219. The smallest absolute Gasteiger partial charge is 0.319 e. The highest BCUT2D eigenvalue weighted by Crippen LogP contribution is 2.46. The number of rotatable bonds is 5. The van der Waals surface area contributed by atoms with Crippen LogP contribution in [-0.2, 0) is 9.53 Å². The lowest BCUT2D eigenvalue weighted by atomic mass is 9.95. The molecule has 0 radical (unpaired) electrons. The van der Waals surface area contributed by atoms with E-state index in [-0.39, 0.29) is 98.2 Å². The van der Waals surface area contributed by atoms with Gasteiger partial charge in [0.05, 0.1) is 34.0 Å². The monoisotopic (exact) mass is 642 g/mol. The average molecular weight is 643 g/mol. The van der Waals surface area contributed by atoms with Crippen molar-refractivity contribution in [3.8, 4) is 23.2 Å². The van der Waals surface area contributed by atoms with E-state index in [4.69, 9.17) is 26.8 Å². The maximum atomic E-state index is 16.8. The predicted octanol–water partition coefficient (Wildman–Crippen LogP) is 5.26. The number of aromatic nitrogens is 2. The van der Waals surface area contributed by atoms with Crippen LogP contribution in [0.4, 0.5) is 24.0 Å². The predicted molar refractivity (Wildman–Crippen MR) is 161 cm³/mol. The molecule has 0 spiro atoms. The molecular weight excluding hydrogens is 617 g/mol. The van der Waals surface area contributed by atoms with Crippen molar-refractivity contribution in [1.82, 2.24) is 14.9 Å². The number of halogens is 4. The van der Waals surface area contributed by atoms with E-state index < -0.39 is 23.3 Å². The number of nitrogen functional groups attached to an aromatic ring is 1. The van der Waals surface area contributed by atoms with E-state index in [1.165, 1.54) is 18.2 Å². The van der Waals surface area contributed by atoms with Crippen LogP contribution in [0, 0.1) is 23.0 Å². The molecule has 3 fully saturated rings. The summed E-state index contributed by atoms with van der Waals surface area (Å²) in [6, 6.07) is 5.87. The van der Waals surface area contributed by atoms with Crippen molar-refractivity contribution in [3.63, 3.8) is 0 Å². The second-order valence-electron chi connectivity index (χ2n) is 11.4. The van der Waals surface area contributed by atoms with Gasteiger partial charge in [0.2, 0.25) is 0 Å². The Hall–Kier alpha value is -3.70. The van der Waals surface area contributed by atoms with Crippen LogP contribution in [0.3, 0.4) is 0 Å². The third-order valence-corrected chi connectivity index (χ3v) is 10.0. The highest BCUT2D eigenvalue weighted by molar-refractivity contribution is 7.23. The Morgan fingerprint density at radius 3 is 2.95 bits per heavy atom. The number of fused-ring (bicyclic) bond motifs is 3. The average Bonchev–Trinajstić information content (AvgIpc) is 3.57. The standard InChI is InChI=1S/C30H26ClF3N6O3S/c31-20-8-18-25(24(34)23(20)17-2-3-21(33)26-22(17)19(10-35)27(36)44-26)37-29(38-28(18)39-6-7-42-13-16(41)12-39)43-14-30-4-1-5-40(30)11-15(32)9-30/h2-3,8,15H,1,4-7,9,11-14,36H2/t15-,30+/m1/s1. The zero-order valence-corrected chi connectivity index (χ0v) is 24.9. The van der Waals surface area contributed by atoms with Gasteiger partial charge in [0.25, 0.3) is 0 Å². The first kappa shape index (κ1) is 29.0. The molecular formula is C30H26ClF3N6O3S. The third kappa shape index (κ3) is 4.72. The van der Waals surface area contributed by atoms with Crippen molar-refractivity contribution in [2.45, 2.75) is 31.0 Å². The maximum absolute atomic E-state index is 16.8. The normalized spacial score (nSPS) is 22.5. The molecule has 3 aliphatic heterocycles. The summed E-state index contributed by atoms with van der Waals surface area (Å²) in [6.45, 7) is 1.65. The van der Waals surface area contributed by atoms with Crippen LogP contribution in [0.15, 0.2) is 18.2 Å². The fourth-order valence-corrected chi connectivity index (χ4v) is 7.99. The first-order valence-corrected chi connectivity index (χ1v) is 15.4. The number of hydrogen-bond donors (Lipinski definition) is 1. The molecule has 0 unspecified atom stereocenters. The maximum Gasteiger partial charge on any atom is 0.319 e. The van der Waals surface area contributed by atoms with E-state index in [0.29, 0.717) is 13.0 Å². The van der Waals surface area contributed by atoms with Crippen molar-refractivity contribution in [2.24, 2.45) is 0 Å². The molecule has 228 valence electrons. The number of hydrogen-bond acceptors (Lipinski definition) is 10. The van der Waals surface area contributed by atoms with Crippen molar-refractivity contribution in [3.05, 3.63) is 40.4 Å². The number of ether oxygens (including phenoxy) is 2. The molecule has 2 aromatic carbocycles. The van der Waals surface area contributed by atoms with E-state index in [0.717, 1.165) is 30.7 Å². The van der Waals surface area contributed by atoms with Crippen molar-refractivity contribution < 1.29 is 27.4 Å². The molecule has 0 saturated carbocycles. The Morgan fingerprint density at radius 1 is 1.30 bits per heavy atom. The molecule has 0 bridgehead atoms. The first-order chi connectivity index (χ1) is 21.2. The molecule has 2 aromatic heterocycles. The number of benzene rings is 2. The minimum Gasteiger partial charge on any atom is -0.461 e. The summed E-state index contributed by atoms with van der Waals surface area (Å²) in [4.78, 5) is 25.3. The molecule has 3 saturated heterocycles. The van der Waals surface area contributed by atoms with Crippen LogP contribution < -0.4 is 15.4 Å². The molecule has 2 N–H and O–H groups in total. The van der Waals surface area contributed by atoms with Crippen LogP contribution in [-0.4, -0.2) is 78.4 Å². The molecule has 14 heteroatoms. The lowest BCUT2D eigenvalue weighted by Gasteiger charge is -2.31. The Morgan fingerprint density at radius 2 is 2.14 bits per heavy atom. The summed E-state index contributed by atoms with van der Waals surface area (Å²) in [5.74, 6) is -1.40. The number of nitriles is 1. The van der Waals surface area contributed by atoms with Gasteiger partial charge in [-0.05, 0) is 37.1 Å². The molecule has 44 heavy (non-hydrogen) atoms. The molecule has 9 nitrogen and oxygen atoms in total. The quantitative estimate of drug-likeness (QED) is 0.311. The lowest BCUT2D eigenvalue weighted by Crippen LogP contribution is -2.43. The lowest BCUT2D eigenvalue weighted by molar-refractivity contribution is -0.121. The number of ketones is 1. The SMILES string of the molecule is N#Cc1c(N)sc2c(F)ccc(-c3c(Cl)cc4c(N5CCOCC(=O)C5)nc(OC[C@@]56CCCN5C[C@H](F)C6)nc4c3F)c12. The van der Waals surface area contributed by atoms with Gasteiger partial charge in [-0.3, -0.25) is 9.69 Å². The summed E-state index contributed by atoms with van der Waals surface area (Å²) < 4.78 is 57.6. The molecule has 3 aliphatic rings. The summed E-state index contributed by atoms with van der Waals surface area (Å²) in [5.41, 5.74) is 5.48. The second kappa shape index (κ2) is 11.0. The zero-order chi connectivity index (χ0) is 30.7. The molecule has 0 aliphatic carbocycles. The second-order valence-corrected chi connectivity index (χ2v) is 12.9. The van der Waals surface area contributed by atoms with E-state index >= 15 is 4.39 Å². The molecule has 5 heterocycles. The number of anilines is 2. The van der Waals surface area contributed by atoms with Gasteiger partial charge in [-0.25, -0.2) is 13.2 Å². The molecule has 7 rings (SSSR count). The summed E-state index contributed by atoms with van der Waals surface area (Å²) in [5, 5.41) is 10.2. The van der Waals surface area contributed by atoms with Crippen LogP contribution in [0.25, 0.3) is 32.1 Å². The number of carbonyl (C=O) groups is 1. The number of thiophene rings is 1. The van der Waals surface area contributed by atoms with Gasteiger partial charge in [-0.15, -0.1) is 11.3 Å². The Kier molecular flexibility index (Phi) is 7.28. The minimum atomic E-state index is -0.964. The summed E-state index contributed by atoms with van der Waals surface area (Å²) in [6.07, 6.45) is 1.03. The van der Waals surface area contributed by atoms with Crippen molar-refractivity contribution in [2.75, 3.05) is 56.6 Å². The van der Waals surface area contributed by atoms with E-state index in [1.54, 1.807) is 4.90 Å². The first-order valence-electron chi connectivity index (χ1n) is 14.2. The van der Waals surface area contributed by atoms with Crippen molar-refractivity contribution in [1.29, 1.82) is 5.26 Å². The zero-order valence-electron chi connectivity index (χ0n) is 23.3. The Balaban J connectivity index is 1.40. The topological polar surface area (TPSA) is 118 Å². The fraction of sp³-hybridized carbons (Fsp3) is 0.400. The van der Waals surface area contributed by atoms with Crippen LogP contribution in [0.2, 0.25) is 5.02 Å². The van der Waals surface area contributed by atoms with Gasteiger partial charge < -0.3 is 20.1 Å². The largest absolute Gasteiger partial charge is 0.461 e. The van der Waals surface area contributed by atoms with Crippen LogP contribution >= 0.6 is 22.9 Å². The van der Waals surface area contributed by atoms with Gasteiger partial charge in [-0.2, -0.15) is 15.2 Å². The third-order valence-electron chi connectivity index (χ3n) is 8.71. The van der Waals surface area contributed by atoms with E-state index in [1.807, 2.05) is 6.07 Å². The van der Waals surface area contributed by atoms with Crippen molar-refractivity contribution >= 4 is 60.5 Å². The molecule has 0 amide bonds. The summed E-state index contributed by atoms with van der Waals surface area (Å²) >= 11 is 7.63. The number of nitrogens with zero attached hydrogens (tertiary/aromatic N) is 5. The highest BCUT2D eigenvalue weighted by atomic mass is 35.5. The van der Waals surface area contributed by atoms with Gasteiger partial charge in [0.1, 0.15) is 47.6 Å². The van der Waals surface area contributed by atoms with Gasteiger partial charge in [-0.1, -0.05) is 17.7 Å². The number of nitrogens with two attached hydrogens (primary N) is 1. The molecule has 4 aromatic rings. The van der Waals surface area contributed by atoms with Gasteiger partial charge in [0, 0.05) is 35.8 Å². The van der Waals surface area contributed by atoms with Crippen LogP contribution in [0.5, 0.6) is 6.01 Å². The number of carbonyl (C=O) groups excluding carboxylic acids is 1. The Labute approximate surface area is 258 Å². The highest BCUT2D eigenvalue weighted by Gasteiger charge is 2.49. The number of Topliss-reactive ketones (excluding diaryl/α,β-unsaturated/α-hetero) is 1. The van der Waals surface area contributed by atoms with Crippen LogP contribution in [0.1, 0.15) is 24.8 Å².